The zero-order chi connectivity index (χ0) is 8.85. The highest BCUT2D eigenvalue weighted by Gasteiger charge is 2.06. The molecule has 6 nitrogen and oxygen atoms in total. The molecule has 0 aromatic rings. The minimum absolute atomic E-state index is 0.543. The summed E-state index contributed by atoms with van der Waals surface area (Å²) in [6, 6.07) is 0. The van der Waals surface area contributed by atoms with E-state index in [2.05, 4.69) is 0 Å². The first-order valence-electron chi connectivity index (χ1n) is 2.37. The number of halogens is 1. The summed E-state index contributed by atoms with van der Waals surface area (Å²) in [4.78, 5) is 20.6. The van der Waals surface area contributed by atoms with E-state index in [4.69, 9.17) is 22.0 Å². The summed E-state index contributed by atoms with van der Waals surface area (Å²) in [6.45, 7) is 0. The highest BCUT2D eigenvalue weighted by molar-refractivity contribution is 6.43. The summed E-state index contributed by atoms with van der Waals surface area (Å²) in [7, 11) is 0. The molecule has 62 valence electrons. The number of hydrogen-bond acceptors (Lipinski definition) is 4. The van der Waals surface area contributed by atoms with E-state index in [9.17, 15) is 9.59 Å². The van der Waals surface area contributed by atoms with E-state index in [1.165, 1.54) is 11.0 Å². The third-order valence-electron chi connectivity index (χ3n) is 0.686. The number of rotatable bonds is 2. The molecule has 7 heteroatoms. The van der Waals surface area contributed by atoms with E-state index in [1.807, 2.05) is 0 Å². The Hall–Kier alpha value is -1.11. The number of hydrogen-bond donors (Lipinski definition) is 4. The normalized spacial score (nSPS) is 10.6. The molecule has 0 aliphatic heterocycles. The van der Waals surface area contributed by atoms with Gasteiger partial charge in [0, 0.05) is 6.08 Å². The molecule has 0 radical (unpaired) electrons. The standard InChI is InChI=1S/C4H5ClN2O4/c5-2(4(9)7-11)1-3(8)6-10/h1,10-11H,(H,6,8)(H,7,9)/b2-1+. The molecule has 0 saturated carbocycles. The van der Waals surface area contributed by atoms with E-state index in [0.29, 0.717) is 6.08 Å². The Kier molecular flexibility index (Phi) is 4.20. The van der Waals surface area contributed by atoms with Crippen LogP contribution in [0.15, 0.2) is 11.1 Å². The van der Waals surface area contributed by atoms with E-state index in [1.54, 1.807) is 0 Å². The summed E-state index contributed by atoms with van der Waals surface area (Å²) in [5.74, 6) is -1.99. The third-order valence-corrected chi connectivity index (χ3v) is 0.967. The highest BCUT2D eigenvalue weighted by Crippen LogP contribution is 1.99. The largest absolute Gasteiger partial charge is 0.288 e. The fourth-order valence-electron chi connectivity index (χ4n) is 0.266. The quantitative estimate of drug-likeness (QED) is 0.252. The summed E-state index contributed by atoms with van der Waals surface area (Å²) < 4.78 is 0. The van der Waals surface area contributed by atoms with Crippen LogP contribution >= 0.6 is 11.6 Å². The Morgan fingerprint density at radius 2 is 1.82 bits per heavy atom. The van der Waals surface area contributed by atoms with Crippen LogP contribution in [0.4, 0.5) is 0 Å². The second-order valence-electron chi connectivity index (χ2n) is 1.41. The van der Waals surface area contributed by atoms with Gasteiger partial charge in [-0.2, -0.15) is 0 Å². The molecular weight excluding hydrogens is 176 g/mol. The van der Waals surface area contributed by atoms with Gasteiger partial charge < -0.3 is 0 Å². The lowest BCUT2D eigenvalue weighted by Gasteiger charge is -1.94. The van der Waals surface area contributed by atoms with Crippen molar-refractivity contribution in [1.82, 2.24) is 11.0 Å². The zero-order valence-corrected chi connectivity index (χ0v) is 5.92. The van der Waals surface area contributed by atoms with Crippen molar-refractivity contribution < 1.29 is 20.0 Å². The van der Waals surface area contributed by atoms with Gasteiger partial charge in [0.2, 0.25) is 0 Å². The van der Waals surface area contributed by atoms with Gasteiger partial charge >= 0.3 is 0 Å². The van der Waals surface area contributed by atoms with Gasteiger partial charge in [-0.25, -0.2) is 11.0 Å². The molecular formula is C4H5ClN2O4. The fraction of sp³-hybridized carbons (Fsp3) is 0. The van der Waals surface area contributed by atoms with Crippen LogP contribution in [0.1, 0.15) is 0 Å². The van der Waals surface area contributed by atoms with Gasteiger partial charge in [-0.1, -0.05) is 11.6 Å². The molecule has 4 N–H and O–H groups in total. The molecule has 0 fully saturated rings. The minimum Gasteiger partial charge on any atom is -0.288 e. The minimum atomic E-state index is -1.03. The van der Waals surface area contributed by atoms with E-state index >= 15 is 0 Å². The smallest absolute Gasteiger partial charge is 0.286 e. The van der Waals surface area contributed by atoms with E-state index in [-0.39, 0.29) is 0 Å². The van der Waals surface area contributed by atoms with Crippen molar-refractivity contribution in [2.24, 2.45) is 0 Å². The molecule has 0 aromatic carbocycles. The summed E-state index contributed by atoms with van der Waals surface area (Å²) in [6.07, 6.45) is 0.604. The van der Waals surface area contributed by atoms with Crippen LogP contribution in [0.25, 0.3) is 0 Å². The first-order chi connectivity index (χ1) is 5.11. The van der Waals surface area contributed by atoms with Crippen LogP contribution in [0.5, 0.6) is 0 Å². The summed E-state index contributed by atoms with van der Waals surface area (Å²) in [5, 5.41) is 15.4. The molecule has 0 bridgehead atoms. The number of amides is 2. The molecule has 0 unspecified atom stereocenters. The predicted molar refractivity (Wildman–Crippen MR) is 33.8 cm³/mol. The monoisotopic (exact) mass is 180 g/mol. The summed E-state index contributed by atoms with van der Waals surface area (Å²) in [5.41, 5.74) is 2.41. The Bertz CT molecular complexity index is 202. The second kappa shape index (κ2) is 4.67. The van der Waals surface area contributed by atoms with Crippen LogP contribution < -0.4 is 11.0 Å². The Labute approximate surface area is 66.4 Å². The van der Waals surface area contributed by atoms with Crippen LogP contribution in [0.2, 0.25) is 0 Å². The number of carbonyl (C=O) groups excluding carboxylic acids is 2. The van der Waals surface area contributed by atoms with Crippen molar-refractivity contribution in [2.75, 3.05) is 0 Å². The Balaban J connectivity index is 4.21. The van der Waals surface area contributed by atoms with Crippen molar-refractivity contribution in [3.63, 3.8) is 0 Å². The molecule has 0 saturated heterocycles. The lowest BCUT2D eigenvalue weighted by molar-refractivity contribution is -0.126. The lowest BCUT2D eigenvalue weighted by Crippen LogP contribution is -2.21. The van der Waals surface area contributed by atoms with Crippen molar-refractivity contribution >= 4 is 23.4 Å². The fourth-order valence-corrected chi connectivity index (χ4v) is 0.408. The Morgan fingerprint density at radius 3 is 2.18 bits per heavy atom. The topological polar surface area (TPSA) is 98.7 Å². The average Bonchev–Trinajstić information content (AvgIpc) is 2.02. The van der Waals surface area contributed by atoms with Gasteiger partial charge in [0.1, 0.15) is 5.03 Å². The van der Waals surface area contributed by atoms with Crippen LogP contribution in [0.3, 0.4) is 0 Å². The number of carbonyl (C=O) groups is 2. The van der Waals surface area contributed by atoms with Crippen molar-refractivity contribution in [3.05, 3.63) is 11.1 Å². The molecule has 11 heavy (non-hydrogen) atoms. The van der Waals surface area contributed by atoms with Crippen LogP contribution in [-0.2, 0) is 9.59 Å². The van der Waals surface area contributed by atoms with Crippen LogP contribution in [0, 0.1) is 0 Å². The van der Waals surface area contributed by atoms with Gasteiger partial charge in [0.25, 0.3) is 11.8 Å². The molecule has 2 amide bonds. The SMILES string of the molecule is O=C(/C=C(/Cl)C(=O)NO)NO. The Morgan fingerprint density at radius 1 is 1.27 bits per heavy atom. The first kappa shape index (κ1) is 9.89. The third kappa shape index (κ3) is 3.56. The lowest BCUT2D eigenvalue weighted by atomic mass is 10.4. The molecule has 0 atom stereocenters. The molecule has 0 heterocycles. The molecule has 0 spiro atoms. The number of nitrogens with one attached hydrogen (secondary N) is 2. The highest BCUT2D eigenvalue weighted by atomic mass is 35.5. The van der Waals surface area contributed by atoms with Gasteiger partial charge in [0.05, 0.1) is 0 Å². The maximum atomic E-state index is 10.3. The molecule has 0 rings (SSSR count). The van der Waals surface area contributed by atoms with Crippen LogP contribution in [-0.4, -0.2) is 22.2 Å². The van der Waals surface area contributed by atoms with Gasteiger partial charge in [-0.15, -0.1) is 0 Å². The maximum absolute atomic E-state index is 10.3. The molecule has 0 aliphatic rings. The molecule has 0 aromatic heterocycles. The van der Waals surface area contributed by atoms with Crippen molar-refractivity contribution in [1.29, 1.82) is 0 Å². The van der Waals surface area contributed by atoms with E-state index < -0.39 is 16.8 Å². The van der Waals surface area contributed by atoms with E-state index in [0.717, 1.165) is 0 Å². The number of hydroxylamine groups is 2. The average molecular weight is 181 g/mol. The van der Waals surface area contributed by atoms with Crippen molar-refractivity contribution in [3.8, 4) is 0 Å². The summed E-state index contributed by atoms with van der Waals surface area (Å²) >= 11 is 5.12. The zero-order valence-electron chi connectivity index (χ0n) is 5.17. The predicted octanol–water partition coefficient (Wildman–Crippen LogP) is -0.880. The maximum Gasteiger partial charge on any atom is 0.286 e. The van der Waals surface area contributed by atoms with Gasteiger partial charge in [-0.3, -0.25) is 20.0 Å². The molecule has 0 aliphatic carbocycles. The second-order valence-corrected chi connectivity index (χ2v) is 1.82. The van der Waals surface area contributed by atoms with Crippen molar-refractivity contribution in [2.45, 2.75) is 0 Å². The van der Waals surface area contributed by atoms with Gasteiger partial charge in [0.15, 0.2) is 0 Å². The first-order valence-corrected chi connectivity index (χ1v) is 2.75. The van der Waals surface area contributed by atoms with Gasteiger partial charge in [-0.05, 0) is 0 Å².